The average Bonchev–Trinajstić information content (AvgIpc) is 3.61. The molecule has 2 aromatic heterocycles. The van der Waals surface area contributed by atoms with Crippen molar-refractivity contribution in [1.29, 1.82) is 0 Å². The third kappa shape index (κ3) is 9.75. The van der Waals surface area contributed by atoms with Crippen LogP contribution in [0.25, 0.3) is 6.08 Å². The number of esters is 1. The van der Waals surface area contributed by atoms with Crippen molar-refractivity contribution in [2.45, 2.75) is 42.2 Å². The SMILES string of the molecule is CCOC(=O)c1c(NC(=O)C(Sc2cccc(NC(=O)/C(=C/c3cccnc3)NC(=O)c3ccccc3)c2)c2ccccc2)sc2c1CCC(c1ccccc1)C2. The molecule has 0 aliphatic heterocycles. The van der Waals surface area contributed by atoms with E-state index in [1.54, 1.807) is 80.0 Å². The molecule has 1 aliphatic carbocycles. The molecule has 1 aliphatic rings. The average molecular weight is 793 g/mol. The molecule has 6 aromatic rings. The van der Waals surface area contributed by atoms with Crippen molar-refractivity contribution in [3.8, 4) is 0 Å². The van der Waals surface area contributed by atoms with Gasteiger partial charge in [-0.15, -0.1) is 23.1 Å². The Kier molecular flexibility index (Phi) is 12.7. The van der Waals surface area contributed by atoms with Crippen molar-refractivity contribution < 1.29 is 23.9 Å². The molecule has 0 spiro atoms. The number of rotatable bonds is 13. The van der Waals surface area contributed by atoms with E-state index in [4.69, 9.17) is 4.74 Å². The molecule has 4 aromatic carbocycles. The number of pyridine rings is 1. The van der Waals surface area contributed by atoms with Gasteiger partial charge in [-0.1, -0.05) is 91.0 Å². The second-order valence-electron chi connectivity index (χ2n) is 13.3. The molecule has 0 radical (unpaired) electrons. The zero-order valence-electron chi connectivity index (χ0n) is 31.1. The summed E-state index contributed by atoms with van der Waals surface area (Å²) >= 11 is 2.77. The van der Waals surface area contributed by atoms with Crippen LogP contribution in [0.4, 0.5) is 10.7 Å². The normalized spacial score (nSPS) is 14.1. The Bertz CT molecular complexity index is 2390. The largest absolute Gasteiger partial charge is 0.462 e. The summed E-state index contributed by atoms with van der Waals surface area (Å²) in [5, 5.41) is 8.57. The Labute approximate surface area is 339 Å². The van der Waals surface area contributed by atoms with Crippen LogP contribution in [-0.2, 0) is 27.2 Å². The zero-order valence-corrected chi connectivity index (χ0v) is 32.8. The number of ether oxygens (including phenoxy) is 1. The molecule has 0 bridgehead atoms. The van der Waals surface area contributed by atoms with Crippen molar-refractivity contribution >= 4 is 63.6 Å². The summed E-state index contributed by atoms with van der Waals surface area (Å²) in [4.78, 5) is 60.6. The first-order chi connectivity index (χ1) is 27.9. The molecule has 11 heteroatoms. The lowest BCUT2D eigenvalue weighted by molar-refractivity contribution is -0.116. The molecule has 0 saturated heterocycles. The minimum absolute atomic E-state index is 0.0302. The van der Waals surface area contributed by atoms with Gasteiger partial charge in [0.15, 0.2) is 0 Å². The molecular weight excluding hydrogens is 753 g/mol. The lowest BCUT2D eigenvalue weighted by Crippen LogP contribution is -2.30. The summed E-state index contributed by atoms with van der Waals surface area (Å²) < 4.78 is 5.51. The summed E-state index contributed by atoms with van der Waals surface area (Å²) in [5.41, 5.74) is 4.94. The molecule has 7 rings (SSSR count). The maximum atomic E-state index is 14.4. The third-order valence-corrected chi connectivity index (χ3v) is 11.9. The number of carbonyl (C=O) groups is 4. The topological polar surface area (TPSA) is 126 Å². The predicted molar refractivity (Wildman–Crippen MR) is 226 cm³/mol. The molecular formula is C46H40N4O5S2. The van der Waals surface area contributed by atoms with Gasteiger partial charge >= 0.3 is 5.97 Å². The zero-order chi connectivity index (χ0) is 39.6. The van der Waals surface area contributed by atoms with Crippen LogP contribution in [0.5, 0.6) is 0 Å². The summed E-state index contributed by atoms with van der Waals surface area (Å²) in [5.74, 6) is -1.39. The Balaban J connectivity index is 1.13. The number of aromatic nitrogens is 1. The van der Waals surface area contributed by atoms with Crippen LogP contribution >= 0.6 is 23.1 Å². The van der Waals surface area contributed by atoms with Crippen molar-refractivity contribution in [2.24, 2.45) is 0 Å². The molecule has 0 saturated carbocycles. The lowest BCUT2D eigenvalue weighted by atomic mass is 9.83. The first-order valence-electron chi connectivity index (χ1n) is 18.6. The lowest BCUT2D eigenvalue weighted by Gasteiger charge is -2.23. The molecule has 3 N–H and O–H groups in total. The van der Waals surface area contributed by atoms with Gasteiger partial charge in [0.25, 0.3) is 11.8 Å². The van der Waals surface area contributed by atoms with Gasteiger partial charge in [-0.2, -0.15) is 0 Å². The molecule has 2 heterocycles. The summed E-state index contributed by atoms with van der Waals surface area (Å²) in [6, 6.07) is 39.2. The van der Waals surface area contributed by atoms with Crippen LogP contribution in [0.3, 0.4) is 0 Å². The van der Waals surface area contributed by atoms with Crippen LogP contribution in [0, 0.1) is 0 Å². The number of anilines is 2. The number of thiophene rings is 1. The second kappa shape index (κ2) is 18.6. The smallest absolute Gasteiger partial charge is 0.341 e. The first kappa shape index (κ1) is 39.0. The van der Waals surface area contributed by atoms with E-state index >= 15 is 0 Å². The standard InChI is InChI=1S/C46H40N4O5S2/c1-2-55-46(54)40-37-24-23-34(31-15-6-3-7-16-31)27-39(37)57-45(40)50-44(53)41(32-17-8-4-9-18-32)56-36-22-12-21-35(28-36)48-43(52)38(26-30-14-13-25-47-29-30)49-42(51)33-19-10-5-11-20-33/h3-22,25-26,28-29,34,41H,2,23-24,27H2,1H3,(H,48,52)(H,49,51)(H,50,53)/b38-26-. The Morgan fingerprint density at radius 2 is 1.61 bits per heavy atom. The highest BCUT2D eigenvalue weighted by atomic mass is 32.2. The van der Waals surface area contributed by atoms with E-state index < -0.39 is 23.0 Å². The van der Waals surface area contributed by atoms with Crippen LogP contribution in [0.1, 0.15) is 72.4 Å². The highest BCUT2D eigenvalue weighted by molar-refractivity contribution is 8.00. The number of thioether (sulfide) groups is 1. The van der Waals surface area contributed by atoms with Crippen molar-refractivity contribution in [3.05, 3.63) is 184 Å². The van der Waals surface area contributed by atoms with E-state index in [1.807, 2.05) is 60.7 Å². The molecule has 9 nitrogen and oxygen atoms in total. The highest BCUT2D eigenvalue weighted by Crippen LogP contribution is 2.44. The summed E-state index contributed by atoms with van der Waals surface area (Å²) in [6.07, 6.45) is 7.16. The van der Waals surface area contributed by atoms with E-state index in [2.05, 4.69) is 33.1 Å². The minimum Gasteiger partial charge on any atom is -0.462 e. The number of benzene rings is 4. The number of nitrogens with one attached hydrogen (secondary N) is 3. The number of amides is 3. The van der Waals surface area contributed by atoms with Gasteiger partial charge in [-0.05, 0) is 96.8 Å². The Morgan fingerprint density at radius 3 is 2.33 bits per heavy atom. The minimum atomic E-state index is -0.713. The first-order valence-corrected chi connectivity index (χ1v) is 20.3. The van der Waals surface area contributed by atoms with E-state index in [9.17, 15) is 19.2 Å². The van der Waals surface area contributed by atoms with E-state index in [0.29, 0.717) is 44.6 Å². The van der Waals surface area contributed by atoms with Gasteiger partial charge in [0.1, 0.15) is 15.9 Å². The Morgan fingerprint density at radius 1 is 0.877 bits per heavy atom. The monoisotopic (exact) mass is 792 g/mol. The van der Waals surface area contributed by atoms with Crippen LogP contribution < -0.4 is 16.0 Å². The van der Waals surface area contributed by atoms with Crippen LogP contribution in [0.15, 0.2) is 150 Å². The van der Waals surface area contributed by atoms with E-state index in [-0.39, 0.29) is 18.2 Å². The predicted octanol–water partition coefficient (Wildman–Crippen LogP) is 9.47. The van der Waals surface area contributed by atoms with Crippen LogP contribution in [0.2, 0.25) is 0 Å². The maximum absolute atomic E-state index is 14.4. The maximum Gasteiger partial charge on any atom is 0.341 e. The van der Waals surface area contributed by atoms with Crippen molar-refractivity contribution in [2.75, 3.05) is 17.2 Å². The molecule has 2 unspecified atom stereocenters. The van der Waals surface area contributed by atoms with Gasteiger partial charge in [-0.25, -0.2) is 4.79 Å². The fraction of sp³-hybridized carbons (Fsp3) is 0.152. The number of hydrogen-bond acceptors (Lipinski definition) is 8. The van der Waals surface area contributed by atoms with Gasteiger partial charge in [0.2, 0.25) is 5.91 Å². The van der Waals surface area contributed by atoms with Gasteiger partial charge < -0.3 is 20.7 Å². The fourth-order valence-corrected chi connectivity index (χ4v) is 9.14. The quantitative estimate of drug-likeness (QED) is 0.0604. The number of carbonyl (C=O) groups excluding carboxylic acids is 4. The Hall–Kier alpha value is -6.30. The van der Waals surface area contributed by atoms with Crippen molar-refractivity contribution in [3.63, 3.8) is 0 Å². The van der Waals surface area contributed by atoms with Gasteiger partial charge in [-0.3, -0.25) is 19.4 Å². The van der Waals surface area contributed by atoms with Gasteiger partial charge in [0, 0.05) is 33.4 Å². The van der Waals surface area contributed by atoms with E-state index in [0.717, 1.165) is 28.8 Å². The molecule has 286 valence electrons. The summed E-state index contributed by atoms with van der Waals surface area (Å²) in [7, 11) is 0. The third-order valence-electron chi connectivity index (χ3n) is 9.46. The molecule has 3 amide bonds. The second-order valence-corrected chi connectivity index (χ2v) is 15.6. The van der Waals surface area contributed by atoms with Crippen LogP contribution in [-0.4, -0.2) is 35.3 Å². The molecule has 2 atom stereocenters. The number of nitrogens with zero attached hydrogens (tertiary/aromatic N) is 1. The highest BCUT2D eigenvalue weighted by Gasteiger charge is 2.32. The van der Waals surface area contributed by atoms with Crippen molar-refractivity contribution in [1.82, 2.24) is 10.3 Å². The number of hydrogen-bond donors (Lipinski definition) is 3. The fourth-order valence-electron chi connectivity index (χ4n) is 6.73. The van der Waals surface area contributed by atoms with E-state index in [1.165, 1.54) is 28.7 Å². The summed E-state index contributed by atoms with van der Waals surface area (Å²) in [6.45, 7) is 2.00. The number of fused-ring (bicyclic) bond motifs is 1. The molecule has 57 heavy (non-hydrogen) atoms. The molecule has 0 fully saturated rings. The van der Waals surface area contributed by atoms with Gasteiger partial charge in [0.05, 0.1) is 12.2 Å².